The first-order chi connectivity index (χ1) is 9.16. The molecular weight excluding hydrogens is 242 g/mol. The van der Waals surface area contributed by atoms with E-state index < -0.39 is 0 Å². The average molecular weight is 267 g/mol. The van der Waals surface area contributed by atoms with E-state index in [1.54, 1.807) is 0 Å². The van der Waals surface area contributed by atoms with Gasteiger partial charge in [0.1, 0.15) is 0 Å². The number of hydrogen-bond acceptors (Lipinski definition) is 2. The number of piperidine rings is 2. The van der Waals surface area contributed by atoms with Crippen molar-refractivity contribution in [2.75, 3.05) is 32.7 Å². The summed E-state index contributed by atoms with van der Waals surface area (Å²) in [6.07, 6.45) is 5.51. The zero-order chi connectivity index (χ0) is 13.7. The van der Waals surface area contributed by atoms with E-state index in [1.807, 2.05) is 9.80 Å². The van der Waals surface area contributed by atoms with Crippen LogP contribution in [0.3, 0.4) is 0 Å². The number of urea groups is 1. The van der Waals surface area contributed by atoms with Gasteiger partial charge in [0.25, 0.3) is 0 Å². The van der Waals surface area contributed by atoms with Crippen molar-refractivity contribution < 1.29 is 9.59 Å². The Morgan fingerprint density at radius 1 is 1.00 bits per heavy atom. The Balaban J connectivity index is 1.69. The van der Waals surface area contributed by atoms with E-state index in [1.165, 1.54) is 6.42 Å². The summed E-state index contributed by atoms with van der Waals surface area (Å²) in [5, 5.41) is 2.76. The first-order valence-corrected chi connectivity index (χ1v) is 7.47. The average Bonchev–Trinajstić information content (AvgIpc) is 2.46. The Labute approximate surface area is 115 Å². The van der Waals surface area contributed by atoms with Gasteiger partial charge in [-0.25, -0.2) is 4.79 Å². The molecule has 2 heterocycles. The smallest absolute Gasteiger partial charge is 0.317 e. The molecule has 5 heteroatoms. The molecule has 5 nitrogen and oxygen atoms in total. The summed E-state index contributed by atoms with van der Waals surface area (Å²) in [7, 11) is 0. The summed E-state index contributed by atoms with van der Waals surface area (Å²) < 4.78 is 0. The highest BCUT2D eigenvalue weighted by molar-refractivity contribution is 5.84. The summed E-state index contributed by atoms with van der Waals surface area (Å²) in [4.78, 5) is 27.6. The lowest BCUT2D eigenvalue weighted by Gasteiger charge is -2.31. The number of carbonyl (C=O) groups excluding carboxylic acids is 2. The highest BCUT2D eigenvalue weighted by Gasteiger charge is 2.22. The number of rotatable bonds is 2. The van der Waals surface area contributed by atoms with Crippen molar-refractivity contribution >= 4 is 11.9 Å². The molecule has 0 aliphatic carbocycles. The van der Waals surface area contributed by atoms with Gasteiger partial charge >= 0.3 is 6.03 Å². The molecule has 2 rings (SSSR count). The lowest BCUT2D eigenvalue weighted by Crippen LogP contribution is -2.48. The van der Waals surface area contributed by atoms with Gasteiger partial charge in [0.05, 0.1) is 6.54 Å². The van der Waals surface area contributed by atoms with Crippen LogP contribution in [0.5, 0.6) is 0 Å². The number of likely N-dealkylation sites (tertiary alicyclic amines) is 2. The van der Waals surface area contributed by atoms with Gasteiger partial charge in [0.2, 0.25) is 5.91 Å². The molecule has 0 aromatic carbocycles. The first kappa shape index (κ1) is 14.2. The van der Waals surface area contributed by atoms with Crippen molar-refractivity contribution in [2.24, 2.45) is 5.92 Å². The molecule has 0 spiro atoms. The van der Waals surface area contributed by atoms with Crippen LogP contribution in [0.4, 0.5) is 4.79 Å². The third-order valence-corrected chi connectivity index (χ3v) is 4.17. The Kier molecular flexibility index (Phi) is 5.05. The van der Waals surface area contributed by atoms with Crippen molar-refractivity contribution in [1.29, 1.82) is 0 Å². The van der Waals surface area contributed by atoms with Crippen LogP contribution in [-0.2, 0) is 4.79 Å². The fourth-order valence-corrected chi connectivity index (χ4v) is 2.73. The maximum Gasteiger partial charge on any atom is 0.317 e. The topological polar surface area (TPSA) is 52.7 Å². The molecule has 0 atom stereocenters. The van der Waals surface area contributed by atoms with E-state index in [-0.39, 0.29) is 18.5 Å². The predicted molar refractivity (Wildman–Crippen MR) is 73.8 cm³/mol. The van der Waals surface area contributed by atoms with Gasteiger partial charge < -0.3 is 15.1 Å². The Morgan fingerprint density at radius 2 is 1.63 bits per heavy atom. The molecule has 2 saturated heterocycles. The number of carbonyl (C=O) groups is 2. The summed E-state index contributed by atoms with van der Waals surface area (Å²) in [6.45, 7) is 5.67. The molecule has 1 N–H and O–H groups in total. The zero-order valence-electron chi connectivity index (χ0n) is 11.9. The van der Waals surface area contributed by atoms with Crippen molar-refractivity contribution in [2.45, 2.75) is 39.0 Å². The highest BCUT2D eigenvalue weighted by atomic mass is 16.2. The Bertz CT molecular complexity index is 319. The number of hydrogen-bond donors (Lipinski definition) is 1. The molecule has 2 aliphatic rings. The molecule has 2 fully saturated rings. The highest BCUT2D eigenvalue weighted by Crippen LogP contribution is 2.15. The van der Waals surface area contributed by atoms with E-state index >= 15 is 0 Å². The molecule has 3 amide bonds. The maximum atomic E-state index is 11.9. The minimum atomic E-state index is -0.0859. The number of nitrogens with zero attached hydrogens (tertiary/aromatic N) is 2. The van der Waals surface area contributed by atoms with Crippen LogP contribution in [-0.4, -0.2) is 54.5 Å². The standard InChI is InChI=1S/C14H25N3O2/c1-12-5-9-17(10-6-12)14(19)15-11-13(18)16-7-3-2-4-8-16/h12H,2-11H2,1H3,(H,15,19). The molecule has 0 aromatic rings. The number of amides is 3. The third-order valence-electron chi connectivity index (χ3n) is 4.17. The summed E-state index contributed by atoms with van der Waals surface area (Å²) in [6, 6.07) is -0.0859. The van der Waals surface area contributed by atoms with Gasteiger partial charge in [-0.2, -0.15) is 0 Å². The molecule has 19 heavy (non-hydrogen) atoms. The van der Waals surface area contributed by atoms with Gasteiger partial charge in [-0.1, -0.05) is 6.92 Å². The van der Waals surface area contributed by atoms with E-state index in [4.69, 9.17) is 0 Å². The van der Waals surface area contributed by atoms with Gasteiger partial charge in [-0.05, 0) is 38.0 Å². The fraction of sp³-hybridized carbons (Fsp3) is 0.857. The molecular formula is C14H25N3O2. The van der Waals surface area contributed by atoms with Crippen LogP contribution in [0.2, 0.25) is 0 Å². The Morgan fingerprint density at radius 3 is 2.26 bits per heavy atom. The second-order valence-electron chi connectivity index (χ2n) is 5.77. The maximum absolute atomic E-state index is 11.9. The SMILES string of the molecule is CC1CCN(C(=O)NCC(=O)N2CCCCC2)CC1. The van der Waals surface area contributed by atoms with Crippen molar-refractivity contribution in [1.82, 2.24) is 15.1 Å². The lowest BCUT2D eigenvalue weighted by atomic mass is 10.00. The van der Waals surface area contributed by atoms with Crippen LogP contribution < -0.4 is 5.32 Å². The Hall–Kier alpha value is -1.26. The van der Waals surface area contributed by atoms with Crippen LogP contribution in [0.25, 0.3) is 0 Å². The molecule has 2 aliphatic heterocycles. The third kappa shape index (κ3) is 4.11. The quantitative estimate of drug-likeness (QED) is 0.823. The normalized spacial score (nSPS) is 21.3. The molecule has 108 valence electrons. The van der Waals surface area contributed by atoms with E-state index in [0.29, 0.717) is 5.92 Å². The van der Waals surface area contributed by atoms with Crippen molar-refractivity contribution in [3.8, 4) is 0 Å². The van der Waals surface area contributed by atoms with E-state index in [2.05, 4.69) is 12.2 Å². The van der Waals surface area contributed by atoms with Gasteiger partial charge in [0, 0.05) is 26.2 Å². The minimum absolute atomic E-state index is 0.0541. The van der Waals surface area contributed by atoms with E-state index in [0.717, 1.165) is 51.9 Å². The lowest BCUT2D eigenvalue weighted by molar-refractivity contribution is -0.130. The molecule has 0 unspecified atom stereocenters. The van der Waals surface area contributed by atoms with Crippen LogP contribution in [0, 0.1) is 5.92 Å². The van der Waals surface area contributed by atoms with Crippen molar-refractivity contribution in [3.05, 3.63) is 0 Å². The van der Waals surface area contributed by atoms with Gasteiger partial charge in [0.15, 0.2) is 0 Å². The second kappa shape index (κ2) is 6.78. The molecule has 0 aromatic heterocycles. The largest absolute Gasteiger partial charge is 0.341 e. The van der Waals surface area contributed by atoms with Crippen LogP contribution in [0.15, 0.2) is 0 Å². The summed E-state index contributed by atoms with van der Waals surface area (Å²) >= 11 is 0. The van der Waals surface area contributed by atoms with Crippen LogP contribution in [0.1, 0.15) is 39.0 Å². The van der Waals surface area contributed by atoms with Gasteiger partial charge in [-0.3, -0.25) is 4.79 Å². The minimum Gasteiger partial charge on any atom is -0.341 e. The van der Waals surface area contributed by atoms with E-state index in [9.17, 15) is 9.59 Å². The molecule has 0 radical (unpaired) electrons. The first-order valence-electron chi connectivity index (χ1n) is 7.47. The van der Waals surface area contributed by atoms with Gasteiger partial charge in [-0.15, -0.1) is 0 Å². The summed E-state index contributed by atoms with van der Waals surface area (Å²) in [5.74, 6) is 0.762. The number of nitrogens with one attached hydrogen (secondary N) is 1. The van der Waals surface area contributed by atoms with Crippen molar-refractivity contribution in [3.63, 3.8) is 0 Å². The zero-order valence-corrected chi connectivity index (χ0v) is 11.9. The molecule has 0 bridgehead atoms. The van der Waals surface area contributed by atoms with Crippen LogP contribution >= 0.6 is 0 Å². The monoisotopic (exact) mass is 267 g/mol. The second-order valence-corrected chi connectivity index (χ2v) is 5.77. The fourth-order valence-electron chi connectivity index (χ4n) is 2.73. The molecule has 0 saturated carbocycles. The predicted octanol–water partition coefficient (Wildman–Crippen LogP) is 1.44. The summed E-state index contributed by atoms with van der Waals surface area (Å²) in [5.41, 5.74) is 0.